The Labute approximate surface area is 178 Å². The van der Waals surface area contributed by atoms with Gasteiger partial charge in [-0.15, -0.1) is 0 Å². The van der Waals surface area contributed by atoms with Gasteiger partial charge in [-0.3, -0.25) is 4.79 Å². The first-order valence-electron chi connectivity index (χ1n) is 10.1. The zero-order valence-corrected chi connectivity index (χ0v) is 17.5. The van der Waals surface area contributed by atoms with Gasteiger partial charge in [-0.25, -0.2) is 19.6 Å². The van der Waals surface area contributed by atoms with E-state index < -0.39 is 0 Å². The highest BCUT2D eigenvalue weighted by Crippen LogP contribution is 2.27. The van der Waals surface area contributed by atoms with Crippen LogP contribution in [0.25, 0.3) is 11.2 Å². The molecular weight excluding hydrogens is 408 g/mol. The summed E-state index contributed by atoms with van der Waals surface area (Å²) in [6, 6.07) is 0. The number of nitrogens with zero attached hydrogens (tertiary/aromatic N) is 8. The molecule has 0 amide bonds. The number of hydrogen-bond donors (Lipinski definition) is 0. The lowest BCUT2D eigenvalue weighted by atomic mass is 10.2. The number of anilines is 2. The highest BCUT2D eigenvalue weighted by atomic mass is 35.5. The van der Waals surface area contributed by atoms with E-state index in [1.54, 1.807) is 19.6 Å². The Morgan fingerprint density at radius 3 is 2.73 bits per heavy atom. The molecule has 0 aromatic carbocycles. The third-order valence-corrected chi connectivity index (χ3v) is 6.14. The summed E-state index contributed by atoms with van der Waals surface area (Å²) in [6.45, 7) is 4.46. The highest BCUT2D eigenvalue weighted by molar-refractivity contribution is 6.33. The van der Waals surface area contributed by atoms with Crippen molar-refractivity contribution >= 4 is 34.3 Å². The molecule has 0 bridgehead atoms. The first-order chi connectivity index (χ1) is 14.6. The third kappa shape index (κ3) is 3.39. The molecule has 11 heteroatoms. The van der Waals surface area contributed by atoms with Gasteiger partial charge in [-0.2, -0.15) is 5.10 Å². The van der Waals surface area contributed by atoms with Crippen molar-refractivity contribution < 1.29 is 4.74 Å². The molecule has 2 aliphatic rings. The molecule has 0 N–H and O–H groups in total. The lowest BCUT2D eigenvalue weighted by molar-refractivity contribution is 0.0978. The highest BCUT2D eigenvalue weighted by Gasteiger charge is 2.25. The summed E-state index contributed by atoms with van der Waals surface area (Å²) in [5.74, 6) is 0.832. The van der Waals surface area contributed by atoms with Gasteiger partial charge in [0.25, 0.3) is 5.56 Å². The van der Waals surface area contributed by atoms with Crippen molar-refractivity contribution in [3.8, 4) is 0 Å². The summed E-state index contributed by atoms with van der Waals surface area (Å²) in [5, 5.41) is 4.31. The predicted octanol–water partition coefficient (Wildman–Crippen LogP) is 1.08. The van der Waals surface area contributed by atoms with Gasteiger partial charge in [0.05, 0.1) is 30.9 Å². The summed E-state index contributed by atoms with van der Waals surface area (Å²) in [4.78, 5) is 30.0. The normalized spacial score (nSPS) is 19.7. The maximum absolute atomic E-state index is 12.1. The van der Waals surface area contributed by atoms with E-state index >= 15 is 0 Å². The number of rotatable bonds is 4. The third-order valence-electron chi connectivity index (χ3n) is 5.79. The Kier molecular flexibility index (Phi) is 5.03. The van der Waals surface area contributed by atoms with Crippen LogP contribution in [0, 0.1) is 0 Å². The molecule has 0 spiro atoms. The van der Waals surface area contributed by atoms with E-state index in [2.05, 4.69) is 34.4 Å². The molecular formula is C19H23ClN8O2. The molecule has 0 radical (unpaired) electrons. The van der Waals surface area contributed by atoms with Crippen LogP contribution in [0.5, 0.6) is 0 Å². The molecule has 1 atom stereocenters. The fourth-order valence-electron chi connectivity index (χ4n) is 4.12. The van der Waals surface area contributed by atoms with E-state index in [1.165, 1.54) is 4.68 Å². The number of aromatic nitrogens is 6. The number of halogens is 1. The zero-order valence-electron chi connectivity index (χ0n) is 16.7. The van der Waals surface area contributed by atoms with Gasteiger partial charge in [0.2, 0.25) is 0 Å². The molecule has 1 unspecified atom stereocenters. The van der Waals surface area contributed by atoms with Crippen molar-refractivity contribution in [3.63, 3.8) is 0 Å². The molecule has 10 nitrogen and oxygen atoms in total. The summed E-state index contributed by atoms with van der Waals surface area (Å²) < 4.78 is 9.05. The fourth-order valence-corrected chi connectivity index (χ4v) is 4.41. The second kappa shape index (κ2) is 7.84. The first-order valence-corrected chi connectivity index (χ1v) is 10.5. The van der Waals surface area contributed by atoms with E-state index in [0.29, 0.717) is 18.8 Å². The second-order valence-electron chi connectivity index (χ2n) is 7.65. The monoisotopic (exact) mass is 430 g/mol. The first kappa shape index (κ1) is 19.3. The van der Waals surface area contributed by atoms with Gasteiger partial charge in [0, 0.05) is 39.8 Å². The maximum Gasteiger partial charge on any atom is 0.287 e. The quantitative estimate of drug-likeness (QED) is 0.607. The average molecular weight is 431 g/mol. The second-order valence-corrected chi connectivity index (χ2v) is 8.03. The molecule has 5 rings (SSSR count). The Bertz CT molecular complexity index is 1120. The standard InChI is InChI=1S/C19H23ClN8O2/c1-25-19(29)15(20)14(9-24-25)26-4-6-27(7-5-26)17-16-18(22-11-21-17)28(12-23-16)10-13-3-2-8-30-13/h9,11-13H,2-8,10H2,1H3. The van der Waals surface area contributed by atoms with Crippen molar-refractivity contribution in [2.75, 3.05) is 42.6 Å². The Hall–Kier alpha value is -2.72. The van der Waals surface area contributed by atoms with E-state index in [1.807, 2.05) is 6.33 Å². The molecule has 3 aromatic heterocycles. The van der Waals surface area contributed by atoms with Crippen LogP contribution < -0.4 is 15.4 Å². The van der Waals surface area contributed by atoms with Gasteiger partial charge in [0.1, 0.15) is 11.3 Å². The Morgan fingerprint density at radius 2 is 1.97 bits per heavy atom. The van der Waals surface area contributed by atoms with Crippen molar-refractivity contribution in [2.24, 2.45) is 7.05 Å². The van der Waals surface area contributed by atoms with Crippen molar-refractivity contribution in [1.29, 1.82) is 0 Å². The minimum atomic E-state index is -0.286. The Balaban J connectivity index is 1.34. The Morgan fingerprint density at radius 1 is 1.17 bits per heavy atom. The smallest absolute Gasteiger partial charge is 0.287 e. The minimum Gasteiger partial charge on any atom is -0.376 e. The summed E-state index contributed by atoms with van der Waals surface area (Å²) >= 11 is 6.26. The van der Waals surface area contributed by atoms with Gasteiger partial charge in [-0.05, 0) is 12.8 Å². The van der Waals surface area contributed by atoms with Crippen molar-refractivity contribution in [3.05, 3.63) is 34.2 Å². The largest absolute Gasteiger partial charge is 0.376 e. The molecule has 5 heterocycles. The number of imidazole rings is 1. The van der Waals surface area contributed by atoms with Crippen LogP contribution in [0.15, 0.2) is 23.6 Å². The van der Waals surface area contributed by atoms with Crippen LogP contribution in [-0.4, -0.2) is 68.2 Å². The number of aryl methyl sites for hydroxylation is 1. The molecule has 30 heavy (non-hydrogen) atoms. The van der Waals surface area contributed by atoms with Crippen LogP contribution >= 0.6 is 11.6 Å². The van der Waals surface area contributed by atoms with Crippen LogP contribution in [0.1, 0.15) is 12.8 Å². The lowest BCUT2D eigenvalue weighted by Crippen LogP contribution is -2.47. The summed E-state index contributed by atoms with van der Waals surface area (Å²) in [6.07, 6.45) is 7.47. The lowest BCUT2D eigenvalue weighted by Gasteiger charge is -2.36. The van der Waals surface area contributed by atoms with Crippen LogP contribution in [0.3, 0.4) is 0 Å². The number of ether oxygens (including phenoxy) is 1. The maximum atomic E-state index is 12.1. The summed E-state index contributed by atoms with van der Waals surface area (Å²) in [7, 11) is 1.59. The number of fused-ring (bicyclic) bond motifs is 1. The van der Waals surface area contributed by atoms with Crippen LogP contribution in [-0.2, 0) is 18.3 Å². The SMILES string of the molecule is Cn1ncc(N2CCN(c3ncnc4c3ncn4CC3CCCO3)CC2)c(Cl)c1=O. The molecule has 0 saturated carbocycles. The molecule has 2 aliphatic heterocycles. The van der Waals surface area contributed by atoms with E-state index in [0.717, 1.165) is 56.1 Å². The van der Waals surface area contributed by atoms with Crippen LogP contribution in [0.4, 0.5) is 11.5 Å². The summed E-state index contributed by atoms with van der Waals surface area (Å²) in [5.41, 5.74) is 2.02. The molecule has 0 aliphatic carbocycles. The van der Waals surface area contributed by atoms with Crippen molar-refractivity contribution in [2.45, 2.75) is 25.5 Å². The number of hydrogen-bond acceptors (Lipinski definition) is 8. The predicted molar refractivity (Wildman–Crippen MR) is 113 cm³/mol. The van der Waals surface area contributed by atoms with Gasteiger partial charge in [-0.1, -0.05) is 11.6 Å². The zero-order chi connectivity index (χ0) is 20.7. The van der Waals surface area contributed by atoms with Crippen molar-refractivity contribution in [1.82, 2.24) is 29.3 Å². The molecule has 3 aromatic rings. The van der Waals surface area contributed by atoms with Gasteiger partial charge in [0.15, 0.2) is 17.0 Å². The topological polar surface area (TPSA) is 94.2 Å². The van der Waals surface area contributed by atoms with Gasteiger partial charge >= 0.3 is 0 Å². The molecule has 2 saturated heterocycles. The van der Waals surface area contributed by atoms with E-state index in [9.17, 15) is 4.79 Å². The number of piperazine rings is 1. The minimum absolute atomic E-state index is 0.207. The fraction of sp³-hybridized carbons (Fsp3) is 0.526. The van der Waals surface area contributed by atoms with Gasteiger partial charge < -0.3 is 19.1 Å². The molecule has 2 fully saturated rings. The average Bonchev–Trinajstić information content (AvgIpc) is 3.43. The molecule has 158 valence electrons. The van der Waals surface area contributed by atoms with Crippen LogP contribution in [0.2, 0.25) is 5.02 Å². The van der Waals surface area contributed by atoms with E-state index in [-0.39, 0.29) is 16.7 Å². The van der Waals surface area contributed by atoms with E-state index in [4.69, 9.17) is 16.3 Å².